The van der Waals surface area contributed by atoms with Crippen molar-refractivity contribution in [3.63, 3.8) is 0 Å². The van der Waals surface area contributed by atoms with Gasteiger partial charge in [-0.05, 0) is 75.0 Å². The molecule has 0 radical (unpaired) electrons. The van der Waals surface area contributed by atoms with Crippen LogP contribution >= 0.6 is 11.6 Å². The Kier molecular flexibility index (Phi) is 11.2. The van der Waals surface area contributed by atoms with Gasteiger partial charge in [-0.3, -0.25) is 4.90 Å². The number of carbonyl (C=O) groups excluding carboxylic acids is 1. The molecule has 5 rings (SSSR count). The van der Waals surface area contributed by atoms with E-state index < -0.39 is 11.9 Å². The fraction of sp³-hybridized carbons (Fsp3) is 0.324. The van der Waals surface area contributed by atoms with Gasteiger partial charge in [-0.1, -0.05) is 11.6 Å². The molecule has 47 heavy (non-hydrogen) atoms. The molecule has 1 atom stereocenters. The number of methoxy groups -OCH3 is 3. The van der Waals surface area contributed by atoms with Gasteiger partial charge in [0.25, 0.3) is 0 Å². The molecule has 13 heteroatoms. The SMILES string of the molecule is COc1ccc(OC)c(CN(C(=O)Oc2ccc(Cl)cc2OC)c2ccnc(Nc3ccc(OCC4CCCN(C)C4)c(F)c3)n2)c1. The molecular weight excluding hydrogens is 629 g/mol. The molecule has 0 spiro atoms. The summed E-state index contributed by atoms with van der Waals surface area (Å²) < 4.78 is 42.9. The average Bonchev–Trinajstić information content (AvgIpc) is 3.07. The Hall–Kier alpha value is -4.81. The van der Waals surface area contributed by atoms with Crippen molar-refractivity contribution in [3.05, 3.63) is 83.3 Å². The summed E-state index contributed by atoms with van der Waals surface area (Å²) in [4.78, 5) is 26.2. The zero-order chi connectivity index (χ0) is 33.3. The van der Waals surface area contributed by atoms with E-state index in [4.69, 9.17) is 35.3 Å². The minimum Gasteiger partial charge on any atom is -0.497 e. The third kappa shape index (κ3) is 8.72. The maximum atomic E-state index is 15.0. The van der Waals surface area contributed by atoms with Crippen LogP contribution in [0.15, 0.2) is 66.9 Å². The van der Waals surface area contributed by atoms with E-state index >= 15 is 4.39 Å². The van der Waals surface area contributed by atoms with Gasteiger partial charge in [0.2, 0.25) is 5.95 Å². The monoisotopic (exact) mass is 665 g/mol. The maximum Gasteiger partial charge on any atom is 0.421 e. The van der Waals surface area contributed by atoms with E-state index in [0.29, 0.717) is 40.3 Å². The number of hydrogen-bond acceptors (Lipinski definition) is 10. The normalized spacial score (nSPS) is 14.6. The summed E-state index contributed by atoms with van der Waals surface area (Å²) in [5, 5.41) is 3.43. The zero-order valence-corrected chi connectivity index (χ0v) is 27.4. The largest absolute Gasteiger partial charge is 0.497 e. The van der Waals surface area contributed by atoms with E-state index in [9.17, 15) is 4.79 Å². The lowest BCUT2D eigenvalue weighted by atomic mass is 10.00. The number of amides is 1. The van der Waals surface area contributed by atoms with Gasteiger partial charge in [-0.25, -0.2) is 14.2 Å². The highest BCUT2D eigenvalue weighted by Crippen LogP contribution is 2.33. The van der Waals surface area contributed by atoms with Gasteiger partial charge in [0.05, 0.1) is 34.5 Å². The van der Waals surface area contributed by atoms with E-state index in [1.807, 2.05) is 0 Å². The molecule has 2 heterocycles. The Labute approximate surface area is 278 Å². The highest BCUT2D eigenvalue weighted by molar-refractivity contribution is 6.30. The highest BCUT2D eigenvalue weighted by atomic mass is 35.5. The summed E-state index contributed by atoms with van der Waals surface area (Å²) in [5.41, 5.74) is 1.02. The van der Waals surface area contributed by atoms with Crippen LogP contribution in [0, 0.1) is 11.7 Å². The smallest absolute Gasteiger partial charge is 0.421 e. The Balaban J connectivity index is 1.38. The Morgan fingerprint density at radius 2 is 1.79 bits per heavy atom. The second kappa shape index (κ2) is 15.7. The molecule has 1 N–H and O–H groups in total. The molecular formula is C34H37ClFN5O6. The van der Waals surface area contributed by atoms with Gasteiger partial charge in [0.1, 0.15) is 17.3 Å². The average molecular weight is 666 g/mol. The molecule has 1 fully saturated rings. The first-order chi connectivity index (χ1) is 22.8. The van der Waals surface area contributed by atoms with E-state index in [1.54, 1.807) is 49.6 Å². The van der Waals surface area contributed by atoms with Crippen molar-refractivity contribution in [2.24, 2.45) is 5.92 Å². The lowest BCUT2D eigenvalue weighted by Crippen LogP contribution is -2.34. The third-order valence-corrected chi connectivity index (χ3v) is 7.90. The first-order valence-electron chi connectivity index (χ1n) is 15.0. The van der Waals surface area contributed by atoms with Gasteiger partial charge in [0.15, 0.2) is 23.1 Å². The molecule has 248 valence electrons. The van der Waals surface area contributed by atoms with Crippen LogP contribution in [0.25, 0.3) is 0 Å². The molecule has 1 saturated heterocycles. The number of ether oxygens (including phenoxy) is 5. The first kappa shape index (κ1) is 33.6. The number of rotatable bonds is 12. The molecule has 0 bridgehead atoms. The van der Waals surface area contributed by atoms with Crippen LogP contribution in [-0.4, -0.2) is 69.0 Å². The predicted octanol–water partition coefficient (Wildman–Crippen LogP) is 6.96. The van der Waals surface area contributed by atoms with Crippen molar-refractivity contribution in [2.45, 2.75) is 19.4 Å². The summed E-state index contributed by atoms with van der Waals surface area (Å²) in [6.07, 6.45) is 2.87. The van der Waals surface area contributed by atoms with Crippen molar-refractivity contribution in [1.29, 1.82) is 0 Å². The van der Waals surface area contributed by atoms with E-state index in [0.717, 1.165) is 25.9 Å². The van der Waals surface area contributed by atoms with Gasteiger partial charge in [-0.2, -0.15) is 4.98 Å². The minimum absolute atomic E-state index is 0.0109. The quantitative estimate of drug-likeness (QED) is 0.171. The molecule has 4 aromatic rings. The number of nitrogens with one attached hydrogen (secondary N) is 1. The summed E-state index contributed by atoms with van der Waals surface area (Å²) >= 11 is 6.10. The van der Waals surface area contributed by atoms with Crippen LogP contribution < -0.4 is 33.9 Å². The number of hydrogen-bond donors (Lipinski definition) is 1. The van der Waals surface area contributed by atoms with Crippen molar-refractivity contribution in [3.8, 4) is 28.7 Å². The maximum absolute atomic E-state index is 15.0. The fourth-order valence-electron chi connectivity index (χ4n) is 5.29. The molecule has 11 nitrogen and oxygen atoms in total. The van der Waals surface area contributed by atoms with Crippen molar-refractivity contribution in [1.82, 2.24) is 14.9 Å². The van der Waals surface area contributed by atoms with Crippen LogP contribution in [0.2, 0.25) is 5.02 Å². The van der Waals surface area contributed by atoms with E-state index in [1.165, 1.54) is 43.5 Å². The van der Waals surface area contributed by atoms with Gasteiger partial charge >= 0.3 is 6.09 Å². The summed E-state index contributed by atoms with van der Waals surface area (Å²) in [5.74, 6) is 1.87. The van der Waals surface area contributed by atoms with Crippen LogP contribution in [0.5, 0.6) is 28.7 Å². The molecule has 1 amide bonds. The van der Waals surface area contributed by atoms with Crippen molar-refractivity contribution < 1.29 is 32.9 Å². The zero-order valence-electron chi connectivity index (χ0n) is 26.7. The topological polar surface area (TPSA) is 108 Å². The number of carbonyl (C=O) groups is 1. The third-order valence-electron chi connectivity index (χ3n) is 7.66. The van der Waals surface area contributed by atoms with Crippen LogP contribution in [0.4, 0.5) is 26.6 Å². The lowest BCUT2D eigenvalue weighted by Gasteiger charge is -2.29. The Morgan fingerprint density at radius 3 is 2.53 bits per heavy atom. The van der Waals surface area contributed by atoms with Gasteiger partial charge in [-0.15, -0.1) is 0 Å². The van der Waals surface area contributed by atoms with Crippen LogP contribution in [-0.2, 0) is 6.54 Å². The fourth-order valence-corrected chi connectivity index (χ4v) is 5.45. The molecule has 1 aromatic heterocycles. The van der Waals surface area contributed by atoms with Gasteiger partial charge < -0.3 is 33.9 Å². The summed E-state index contributed by atoms with van der Waals surface area (Å²) in [6, 6.07) is 16.0. The van der Waals surface area contributed by atoms with E-state index in [-0.39, 0.29) is 35.6 Å². The molecule has 3 aromatic carbocycles. The molecule has 1 aliphatic rings. The summed E-state index contributed by atoms with van der Waals surface area (Å²) in [6.45, 7) is 2.44. The number of nitrogens with zero attached hydrogens (tertiary/aromatic N) is 4. The van der Waals surface area contributed by atoms with Crippen molar-refractivity contribution in [2.75, 3.05) is 58.3 Å². The number of piperidine rings is 1. The number of halogens is 2. The first-order valence-corrected chi connectivity index (χ1v) is 15.4. The number of anilines is 3. The molecule has 0 aliphatic carbocycles. The second-order valence-corrected chi connectivity index (χ2v) is 11.5. The predicted molar refractivity (Wildman–Crippen MR) is 177 cm³/mol. The lowest BCUT2D eigenvalue weighted by molar-refractivity contribution is 0.147. The van der Waals surface area contributed by atoms with Gasteiger partial charge in [0, 0.05) is 47.1 Å². The number of aromatic nitrogens is 2. The molecule has 0 saturated carbocycles. The second-order valence-electron chi connectivity index (χ2n) is 11.0. The van der Waals surface area contributed by atoms with Crippen LogP contribution in [0.3, 0.4) is 0 Å². The summed E-state index contributed by atoms with van der Waals surface area (Å²) in [7, 11) is 6.60. The minimum atomic E-state index is -0.767. The van der Waals surface area contributed by atoms with Crippen molar-refractivity contribution >= 4 is 35.1 Å². The molecule has 1 aliphatic heterocycles. The van der Waals surface area contributed by atoms with E-state index in [2.05, 4.69) is 27.2 Å². The standard InChI is InChI=1S/C34H37ClFN5O6/c1-40-15-5-6-22(19-40)21-46-29-11-8-25(18-27(29)36)38-33-37-14-13-32(39-33)41(20-23-16-26(43-2)9-12-28(23)44-3)34(42)47-30-10-7-24(35)17-31(30)45-4/h7-14,16-18,22H,5-6,15,19-21H2,1-4H3,(H,37,38,39). The Bertz CT molecular complexity index is 1700. The number of benzene rings is 3. The highest BCUT2D eigenvalue weighted by Gasteiger charge is 2.24. The molecule has 1 unspecified atom stereocenters. The number of likely N-dealkylation sites (tertiary alicyclic amines) is 1. The Morgan fingerprint density at radius 1 is 1.00 bits per heavy atom. The van der Waals surface area contributed by atoms with Crippen LogP contribution in [0.1, 0.15) is 18.4 Å².